The molecule has 0 aliphatic heterocycles. The van der Waals surface area contributed by atoms with Gasteiger partial charge in [0.1, 0.15) is 0 Å². The Morgan fingerprint density at radius 3 is 2.28 bits per heavy atom. The Morgan fingerprint density at radius 1 is 1.17 bits per heavy atom. The van der Waals surface area contributed by atoms with Crippen LogP contribution in [-0.4, -0.2) is 15.0 Å². The average Bonchev–Trinajstić information content (AvgIpc) is 2.33. The SMILES string of the molecule is CCCC/C([Se]c1ccccc1)=C(\F)C(C)(C)C. The van der Waals surface area contributed by atoms with Crippen molar-refractivity contribution in [2.75, 3.05) is 0 Å². The molecule has 2 heteroatoms. The van der Waals surface area contributed by atoms with Gasteiger partial charge in [0.2, 0.25) is 0 Å². The van der Waals surface area contributed by atoms with Crippen molar-refractivity contribution >= 4 is 19.4 Å². The van der Waals surface area contributed by atoms with E-state index >= 15 is 0 Å². The van der Waals surface area contributed by atoms with E-state index in [0.717, 1.165) is 23.7 Å². The summed E-state index contributed by atoms with van der Waals surface area (Å²) < 4.78 is 16.8. The van der Waals surface area contributed by atoms with Crippen LogP contribution in [0.25, 0.3) is 0 Å². The van der Waals surface area contributed by atoms with Gasteiger partial charge >= 0.3 is 117 Å². The molecule has 0 nitrogen and oxygen atoms in total. The number of hydrogen-bond donors (Lipinski definition) is 0. The second-order valence-corrected chi connectivity index (χ2v) is 7.96. The molecule has 0 aromatic heterocycles. The molecule has 0 unspecified atom stereocenters. The molecule has 0 atom stereocenters. The second kappa shape index (κ2) is 7.11. The van der Waals surface area contributed by atoms with Gasteiger partial charge in [0.05, 0.1) is 0 Å². The molecule has 0 saturated carbocycles. The molecule has 1 aromatic carbocycles. The summed E-state index contributed by atoms with van der Waals surface area (Å²) in [7, 11) is 0. The first kappa shape index (κ1) is 15.5. The van der Waals surface area contributed by atoms with Crippen LogP contribution in [-0.2, 0) is 0 Å². The molecule has 0 fully saturated rings. The Kier molecular flexibility index (Phi) is 6.11. The zero-order valence-electron chi connectivity index (χ0n) is 11.8. The molecular formula is C16H23FSe. The third-order valence-electron chi connectivity index (χ3n) is 2.64. The third kappa shape index (κ3) is 4.96. The van der Waals surface area contributed by atoms with Gasteiger partial charge in [0.15, 0.2) is 0 Å². The number of rotatable bonds is 5. The molecule has 100 valence electrons. The van der Waals surface area contributed by atoms with Gasteiger partial charge in [-0.15, -0.1) is 0 Å². The first-order valence-electron chi connectivity index (χ1n) is 6.57. The second-order valence-electron chi connectivity index (χ2n) is 5.51. The molecule has 0 aliphatic carbocycles. The molecule has 1 aromatic rings. The Balaban J connectivity index is 2.92. The number of hydrogen-bond acceptors (Lipinski definition) is 0. The standard InChI is InChI=1S/C16H23FSe/c1-5-6-12-14(15(17)16(2,3)4)18-13-10-8-7-9-11-13/h7-11H,5-6,12H2,1-4H3/b15-14+. The summed E-state index contributed by atoms with van der Waals surface area (Å²) >= 11 is 0.119. The van der Waals surface area contributed by atoms with E-state index < -0.39 is 0 Å². The number of halogens is 1. The molecular weight excluding hydrogens is 290 g/mol. The van der Waals surface area contributed by atoms with Crippen molar-refractivity contribution in [1.82, 2.24) is 0 Å². The molecule has 0 heterocycles. The number of allylic oxidation sites excluding steroid dienone is 2. The normalized spacial score (nSPS) is 13.4. The minimum atomic E-state index is -0.362. The van der Waals surface area contributed by atoms with Gasteiger partial charge in [-0.3, -0.25) is 0 Å². The predicted octanol–water partition coefficient (Wildman–Crippen LogP) is 4.43. The van der Waals surface area contributed by atoms with Crippen LogP contribution in [0.4, 0.5) is 4.39 Å². The fourth-order valence-electron chi connectivity index (χ4n) is 1.59. The molecule has 0 spiro atoms. The molecule has 0 bridgehead atoms. The van der Waals surface area contributed by atoms with Crippen molar-refractivity contribution in [2.45, 2.75) is 47.0 Å². The summed E-state index contributed by atoms with van der Waals surface area (Å²) in [6.07, 6.45) is 3.09. The number of benzene rings is 1. The van der Waals surface area contributed by atoms with Crippen molar-refractivity contribution in [2.24, 2.45) is 5.41 Å². The van der Waals surface area contributed by atoms with E-state index in [0.29, 0.717) is 0 Å². The Morgan fingerprint density at radius 2 is 1.78 bits per heavy atom. The maximum atomic E-state index is 14.5. The van der Waals surface area contributed by atoms with Gasteiger partial charge in [0, 0.05) is 0 Å². The molecule has 0 aliphatic rings. The van der Waals surface area contributed by atoms with Crippen LogP contribution in [0.3, 0.4) is 0 Å². The quantitative estimate of drug-likeness (QED) is 0.705. The van der Waals surface area contributed by atoms with E-state index in [1.54, 1.807) is 0 Å². The molecule has 0 N–H and O–H groups in total. The van der Waals surface area contributed by atoms with Crippen LogP contribution < -0.4 is 4.46 Å². The van der Waals surface area contributed by atoms with Gasteiger partial charge < -0.3 is 0 Å². The van der Waals surface area contributed by atoms with E-state index in [1.807, 2.05) is 39.0 Å². The monoisotopic (exact) mass is 314 g/mol. The van der Waals surface area contributed by atoms with Gasteiger partial charge in [-0.2, -0.15) is 0 Å². The van der Waals surface area contributed by atoms with Gasteiger partial charge in [0.25, 0.3) is 0 Å². The van der Waals surface area contributed by atoms with Crippen molar-refractivity contribution in [1.29, 1.82) is 0 Å². The minimum absolute atomic E-state index is 0.0970. The summed E-state index contributed by atoms with van der Waals surface area (Å²) in [6, 6.07) is 10.3. The Labute approximate surface area is 117 Å². The molecule has 18 heavy (non-hydrogen) atoms. The molecule has 1 rings (SSSR count). The maximum absolute atomic E-state index is 14.5. The third-order valence-corrected chi connectivity index (χ3v) is 5.03. The first-order valence-corrected chi connectivity index (χ1v) is 8.28. The zero-order chi connectivity index (χ0) is 13.6. The topological polar surface area (TPSA) is 0 Å². The van der Waals surface area contributed by atoms with E-state index in [9.17, 15) is 4.39 Å². The Bertz CT molecular complexity index is 387. The van der Waals surface area contributed by atoms with Crippen LogP contribution in [0, 0.1) is 5.41 Å². The van der Waals surface area contributed by atoms with Crippen molar-refractivity contribution in [3.05, 3.63) is 40.6 Å². The van der Waals surface area contributed by atoms with Gasteiger partial charge in [-0.1, -0.05) is 0 Å². The van der Waals surface area contributed by atoms with E-state index in [-0.39, 0.29) is 26.2 Å². The summed E-state index contributed by atoms with van der Waals surface area (Å²) in [5.41, 5.74) is -0.362. The van der Waals surface area contributed by atoms with Crippen LogP contribution in [0.1, 0.15) is 47.0 Å². The predicted molar refractivity (Wildman–Crippen MR) is 78.9 cm³/mol. The molecule has 0 amide bonds. The van der Waals surface area contributed by atoms with Crippen LogP contribution in [0.15, 0.2) is 40.6 Å². The summed E-state index contributed by atoms with van der Waals surface area (Å²) in [5.74, 6) is 0.0970. The summed E-state index contributed by atoms with van der Waals surface area (Å²) in [4.78, 5) is 0. The van der Waals surface area contributed by atoms with Gasteiger partial charge in [-0.25, -0.2) is 0 Å². The van der Waals surface area contributed by atoms with Crippen molar-refractivity contribution in [3.8, 4) is 0 Å². The van der Waals surface area contributed by atoms with E-state index in [2.05, 4.69) is 19.1 Å². The fraction of sp³-hybridized carbons (Fsp3) is 0.500. The van der Waals surface area contributed by atoms with E-state index in [1.165, 1.54) is 4.46 Å². The van der Waals surface area contributed by atoms with Crippen LogP contribution in [0.5, 0.6) is 0 Å². The first-order chi connectivity index (χ1) is 8.45. The molecule has 0 radical (unpaired) electrons. The van der Waals surface area contributed by atoms with Crippen LogP contribution in [0.2, 0.25) is 0 Å². The number of unbranched alkanes of at least 4 members (excludes halogenated alkanes) is 1. The fourth-order valence-corrected chi connectivity index (χ4v) is 4.15. The Hall–Kier alpha value is -0.591. The van der Waals surface area contributed by atoms with Gasteiger partial charge in [-0.05, 0) is 0 Å². The summed E-state index contributed by atoms with van der Waals surface area (Å²) in [6.45, 7) is 8.02. The zero-order valence-corrected chi connectivity index (χ0v) is 13.5. The van der Waals surface area contributed by atoms with Crippen LogP contribution >= 0.6 is 0 Å². The van der Waals surface area contributed by atoms with Crippen molar-refractivity contribution < 1.29 is 4.39 Å². The van der Waals surface area contributed by atoms with E-state index in [4.69, 9.17) is 0 Å². The van der Waals surface area contributed by atoms with Crippen molar-refractivity contribution in [3.63, 3.8) is 0 Å². The molecule has 0 saturated heterocycles. The summed E-state index contributed by atoms with van der Waals surface area (Å²) in [5, 5.41) is 0. The average molecular weight is 313 g/mol.